The van der Waals surface area contributed by atoms with Crippen molar-refractivity contribution in [3.8, 4) is 11.1 Å². The summed E-state index contributed by atoms with van der Waals surface area (Å²) in [7, 11) is 0. The molecule has 3 rings (SSSR count). The van der Waals surface area contributed by atoms with Crippen molar-refractivity contribution in [1.29, 1.82) is 0 Å². The Kier molecular flexibility index (Phi) is 3.29. The molecule has 0 aliphatic heterocycles. The van der Waals surface area contributed by atoms with Crippen molar-refractivity contribution in [2.75, 3.05) is 0 Å². The molecule has 106 valence electrons. The Morgan fingerprint density at radius 2 is 1.52 bits per heavy atom. The Morgan fingerprint density at radius 1 is 0.762 bits per heavy atom. The van der Waals surface area contributed by atoms with Gasteiger partial charge in [0.1, 0.15) is 0 Å². The van der Waals surface area contributed by atoms with Gasteiger partial charge in [-0.15, -0.1) is 0 Å². The third-order valence-electron chi connectivity index (χ3n) is 4.59. The van der Waals surface area contributed by atoms with Crippen molar-refractivity contribution >= 4 is 10.8 Å². The van der Waals surface area contributed by atoms with Crippen LogP contribution in [0.1, 0.15) is 27.8 Å². The van der Waals surface area contributed by atoms with Crippen molar-refractivity contribution in [2.45, 2.75) is 34.6 Å². The maximum absolute atomic E-state index is 4.32. The molecule has 2 aromatic carbocycles. The second-order valence-corrected chi connectivity index (χ2v) is 5.99. The van der Waals surface area contributed by atoms with Crippen LogP contribution in [0.5, 0.6) is 0 Å². The van der Waals surface area contributed by atoms with E-state index in [9.17, 15) is 0 Å². The number of hydrogen-bond acceptors (Lipinski definition) is 1. The van der Waals surface area contributed by atoms with E-state index in [1.54, 1.807) is 0 Å². The average Bonchev–Trinajstić information content (AvgIpc) is 2.47. The molecule has 0 saturated carbocycles. The second kappa shape index (κ2) is 5.00. The summed E-state index contributed by atoms with van der Waals surface area (Å²) in [6.07, 6.45) is 3.87. The fourth-order valence-corrected chi connectivity index (χ4v) is 3.32. The topological polar surface area (TPSA) is 12.9 Å². The second-order valence-electron chi connectivity index (χ2n) is 5.99. The lowest BCUT2D eigenvalue weighted by molar-refractivity contribution is 1.29. The van der Waals surface area contributed by atoms with E-state index in [1.165, 1.54) is 49.7 Å². The number of rotatable bonds is 1. The molecule has 0 aliphatic carbocycles. The van der Waals surface area contributed by atoms with Crippen molar-refractivity contribution in [1.82, 2.24) is 4.98 Å². The third-order valence-corrected chi connectivity index (χ3v) is 4.59. The van der Waals surface area contributed by atoms with Gasteiger partial charge >= 0.3 is 0 Å². The summed E-state index contributed by atoms with van der Waals surface area (Å²) in [6.45, 7) is 11.0. The van der Waals surface area contributed by atoms with Crippen molar-refractivity contribution in [2.24, 2.45) is 0 Å². The lowest BCUT2D eigenvalue weighted by atomic mass is 9.86. The van der Waals surface area contributed by atoms with E-state index < -0.39 is 0 Å². The number of hydrogen-bond donors (Lipinski definition) is 0. The molecule has 3 aromatic rings. The first-order valence-electron chi connectivity index (χ1n) is 7.42. The highest BCUT2D eigenvalue weighted by atomic mass is 14.6. The fraction of sp³-hybridized carbons (Fsp3) is 0.250. The van der Waals surface area contributed by atoms with Gasteiger partial charge in [-0.2, -0.15) is 0 Å². The number of aryl methyl sites for hydroxylation is 4. The lowest BCUT2D eigenvalue weighted by Gasteiger charge is -2.18. The van der Waals surface area contributed by atoms with Crippen LogP contribution < -0.4 is 0 Å². The normalized spacial score (nSPS) is 11.1. The van der Waals surface area contributed by atoms with E-state index >= 15 is 0 Å². The third kappa shape index (κ3) is 2.13. The predicted octanol–water partition coefficient (Wildman–Crippen LogP) is 5.44. The maximum atomic E-state index is 4.32. The summed E-state index contributed by atoms with van der Waals surface area (Å²) in [4.78, 5) is 4.32. The SMILES string of the molecule is Cc1ccc(-c2c(C)c(C)c3ccncc3c2C)c(C)c1. The molecular formula is C20H21N. The molecule has 0 N–H and O–H groups in total. The first kappa shape index (κ1) is 13.8. The smallest absolute Gasteiger partial charge is 0.0349 e. The molecule has 1 heteroatoms. The molecule has 21 heavy (non-hydrogen) atoms. The van der Waals surface area contributed by atoms with E-state index in [4.69, 9.17) is 0 Å². The lowest BCUT2D eigenvalue weighted by Crippen LogP contribution is -1.97. The van der Waals surface area contributed by atoms with Gasteiger partial charge in [-0.05, 0) is 79.5 Å². The number of benzene rings is 2. The van der Waals surface area contributed by atoms with Crippen LogP contribution in [0.15, 0.2) is 36.7 Å². The number of nitrogens with zero attached hydrogens (tertiary/aromatic N) is 1. The highest BCUT2D eigenvalue weighted by Crippen LogP contribution is 2.37. The van der Waals surface area contributed by atoms with E-state index in [-0.39, 0.29) is 0 Å². The standard InChI is InChI=1S/C20H21N/c1-12-6-7-17(13(2)10-12)20-15(4)14(3)18-8-9-21-11-19(18)16(20)5/h6-11H,1-5H3. The minimum atomic E-state index is 1.26. The minimum absolute atomic E-state index is 1.26. The van der Waals surface area contributed by atoms with Gasteiger partial charge in [0.25, 0.3) is 0 Å². The van der Waals surface area contributed by atoms with Crippen LogP contribution >= 0.6 is 0 Å². The zero-order valence-electron chi connectivity index (χ0n) is 13.4. The Labute approximate surface area is 126 Å². The molecule has 1 heterocycles. The van der Waals surface area contributed by atoms with E-state index in [0.717, 1.165) is 0 Å². The Balaban J connectivity index is 2.43. The van der Waals surface area contributed by atoms with Gasteiger partial charge in [0.2, 0.25) is 0 Å². The van der Waals surface area contributed by atoms with Gasteiger partial charge in [0, 0.05) is 17.8 Å². The zero-order chi connectivity index (χ0) is 15.1. The van der Waals surface area contributed by atoms with Crippen molar-refractivity contribution in [3.63, 3.8) is 0 Å². The Hall–Kier alpha value is -2.15. The zero-order valence-corrected chi connectivity index (χ0v) is 13.4. The monoisotopic (exact) mass is 275 g/mol. The quantitative estimate of drug-likeness (QED) is 0.576. The van der Waals surface area contributed by atoms with E-state index in [2.05, 4.69) is 63.9 Å². The van der Waals surface area contributed by atoms with Gasteiger partial charge in [-0.25, -0.2) is 0 Å². The molecule has 0 fully saturated rings. The van der Waals surface area contributed by atoms with Gasteiger partial charge in [0.15, 0.2) is 0 Å². The Morgan fingerprint density at radius 3 is 2.24 bits per heavy atom. The minimum Gasteiger partial charge on any atom is -0.264 e. The first-order chi connectivity index (χ1) is 10.0. The molecule has 1 nitrogen and oxygen atoms in total. The summed E-state index contributed by atoms with van der Waals surface area (Å²) in [5.74, 6) is 0. The van der Waals surface area contributed by atoms with Gasteiger partial charge in [-0.1, -0.05) is 23.8 Å². The largest absolute Gasteiger partial charge is 0.264 e. The maximum Gasteiger partial charge on any atom is 0.0349 e. The molecular weight excluding hydrogens is 254 g/mol. The summed E-state index contributed by atoms with van der Waals surface area (Å²) in [5, 5.41) is 2.57. The van der Waals surface area contributed by atoms with Crippen LogP contribution in [0.4, 0.5) is 0 Å². The van der Waals surface area contributed by atoms with Crippen LogP contribution in [0.3, 0.4) is 0 Å². The molecule has 0 spiro atoms. The van der Waals surface area contributed by atoms with Crippen molar-refractivity contribution in [3.05, 3.63) is 64.5 Å². The van der Waals surface area contributed by atoms with Crippen LogP contribution in [0, 0.1) is 34.6 Å². The highest BCUT2D eigenvalue weighted by Gasteiger charge is 2.14. The molecule has 1 aromatic heterocycles. The van der Waals surface area contributed by atoms with Crippen LogP contribution in [-0.4, -0.2) is 4.98 Å². The molecule has 0 unspecified atom stereocenters. The van der Waals surface area contributed by atoms with Crippen LogP contribution in [0.2, 0.25) is 0 Å². The molecule has 0 saturated heterocycles. The van der Waals surface area contributed by atoms with Crippen molar-refractivity contribution < 1.29 is 0 Å². The predicted molar refractivity (Wildman–Crippen MR) is 90.9 cm³/mol. The van der Waals surface area contributed by atoms with E-state index in [1.807, 2.05) is 12.4 Å². The average molecular weight is 275 g/mol. The number of fused-ring (bicyclic) bond motifs is 1. The highest BCUT2D eigenvalue weighted by molar-refractivity contribution is 5.95. The molecule has 0 aliphatic rings. The van der Waals surface area contributed by atoms with Gasteiger partial charge < -0.3 is 0 Å². The summed E-state index contributed by atoms with van der Waals surface area (Å²) < 4.78 is 0. The van der Waals surface area contributed by atoms with Crippen LogP contribution in [0.25, 0.3) is 21.9 Å². The molecule has 0 atom stereocenters. The summed E-state index contributed by atoms with van der Waals surface area (Å²) in [5.41, 5.74) is 9.41. The molecule has 0 bridgehead atoms. The van der Waals surface area contributed by atoms with Gasteiger partial charge in [-0.3, -0.25) is 4.98 Å². The molecule has 0 radical (unpaired) electrons. The van der Waals surface area contributed by atoms with Gasteiger partial charge in [0.05, 0.1) is 0 Å². The number of aromatic nitrogens is 1. The first-order valence-corrected chi connectivity index (χ1v) is 7.42. The fourth-order valence-electron chi connectivity index (χ4n) is 3.32. The molecule has 0 amide bonds. The summed E-state index contributed by atoms with van der Waals surface area (Å²) >= 11 is 0. The Bertz CT molecular complexity index is 844. The summed E-state index contributed by atoms with van der Waals surface area (Å²) in [6, 6.07) is 8.83. The number of pyridine rings is 1. The van der Waals surface area contributed by atoms with Crippen LogP contribution in [-0.2, 0) is 0 Å². The van der Waals surface area contributed by atoms with E-state index in [0.29, 0.717) is 0 Å².